The van der Waals surface area contributed by atoms with E-state index in [2.05, 4.69) is 15.9 Å². The van der Waals surface area contributed by atoms with Gasteiger partial charge >= 0.3 is 5.97 Å². The number of carbonyl (C=O) groups is 1. The molecular weight excluding hydrogens is 274 g/mol. The van der Waals surface area contributed by atoms with E-state index < -0.39 is 5.97 Å². The summed E-state index contributed by atoms with van der Waals surface area (Å²) in [6.45, 7) is 4.59. The monoisotopic (exact) mass is 289 g/mol. The molecule has 0 saturated heterocycles. The van der Waals surface area contributed by atoms with Gasteiger partial charge in [0.2, 0.25) is 0 Å². The highest BCUT2D eigenvalue weighted by atomic mass is 79.9. The molecule has 1 rings (SSSR count). The molecule has 0 aliphatic heterocycles. The normalized spacial score (nSPS) is 13.1. The number of carboxylic acids is 1. The third-order valence-corrected chi connectivity index (χ3v) is 2.93. The van der Waals surface area contributed by atoms with Crippen molar-refractivity contribution in [3.63, 3.8) is 0 Å². The van der Waals surface area contributed by atoms with Gasteiger partial charge in [0.15, 0.2) is 0 Å². The topological polar surface area (TPSA) is 51.5 Å². The van der Waals surface area contributed by atoms with E-state index in [1.165, 1.54) is 0 Å². The molecule has 1 atom stereocenters. The summed E-state index contributed by atoms with van der Waals surface area (Å²) in [5.74, 6) is -0.621. The Hall–Kier alpha value is -0.810. The Labute approximate surface area is 103 Å². The first kappa shape index (κ1) is 13.3. The summed E-state index contributed by atoms with van der Waals surface area (Å²) in [5.41, 5.74) is 0.280. The zero-order chi connectivity index (χ0) is 12.3. The number of carboxylic acid groups (broad SMARTS) is 1. The number of halogens is 1. The van der Waals surface area contributed by atoms with Crippen LogP contribution >= 0.6 is 15.9 Å². The highest BCUT2D eigenvalue weighted by molar-refractivity contribution is 9.10. The van der Waals surface area contributed by atoms with Crippen molar-refractivity contribution in [3.05, 3.63) is 22.4 Å². The van der Waals surface area contributed by atoms with Crippen LogP contribution < -0.4 is 0 Å². The van der Waals surface area contributed by atoms with Crippen molar-refractivity contribution >= 4 is 21.9 Å². The van der Waals surface area contributed by atoms with Gasteiger partial charge in [-0.2, -0.15) is 0 Å². The van der Waals surface area contributed by atoms with Gasteiger partial charge in [0.25, 0.3) is 0 Å². The third kappa shape index (κ3) is 2.86. The summed E-state index contributed by atoms with van der Waals surface area (Å²) in [6.07, 6.45) is 1.78. The Morgan fingerprint density at radius 3 is 2.69 bits per heavy atom. The molecule has 0 bridgehead atoms. The lowest BCUT2D eigenvalue weighted by molar-refractivity contribution is 0.0671. The summed E-state index contributed by atoms with van der Waals surface area (Å²) in [7, 11) is 1.62. The van der Waals surface area contributed by atoms with Gasteiger partial charge in [0.1, 0.15) is 5.69 Å². The van der Waals surface area contributed by atoms with Gasteiger partial charge in [-0.15, -0.1) is 0 Å². The molecule has 90 valence electrons. The van der Waals surface area contributed by atoms with E-state index in [0.717, 1.165) is 4.47 Å². The van der Waals surface area contributed by atoms with Crippen LogP contribution in [-0.2, 0) is 4.74 Å². The summed E-state index contributed by atoms with van der Waals surface area (Å²) in [6, 6.07) is 1.63. The van der Waals surface area contributed by atoms with Crippen molar-refractivity contribution in [3.8, 4) is 0 Å². The molecule has 0 aromatic carbocycles. The molecule has 5 heteroatoms. The predicted molar refractivity (Wildman–Crippen MR) is 64.8 cm³/mol. The Morgan fingerprint density at radius 1 is 1.62 bits per heavy atom. The highest BCUT2D eigenvalue weighted by Crippen LogP contribution is 2.25. The summed E-state index contributed by atoms with van der Waals surface area (Å²) in [5, 5.41) is 9.10. The first-order valence-electron chi connectivity index (χ1n) is 5.07. The summed E-state index contributed by atoms with van der Waals surface area (Å²) >= 11 is 3.29. The minimum Gasteiger partial charge on any atom is -0.477 e. The van der Waals surface area contributed by atoms with Crippen molar-refractivity contribution in [2.75, 3.05) is 13.7 Å². The van der Waals surface area contributed by atoms with Crippen molar-refractivity contribution in [2.24, 2.45) is 5.92 Å². The van der Waals surface area contributed by atoms with Crippen LogP contribution in [-0.4, -0.2) is 29.4 Å². The Bertz CT molecular complexity index is 373. The Balaban J connectivity index is 3.12. The maximum absolute atomic E-state index is 11.1. The van der Waals surface area contributed by atoms with Gasteiger partial charge in [-0.05, 0) is 27.9 Å². The van der Waals surface area contributed by atoms with Crippen molar-refractivity contribution in [1.29, 1.82) is 0 Å². The van der Waals surface area contributed by atoms with E-state index in [0.29, 0.717) is 12.5 Å². The van der Waals surface area contributed by atoms with Crippen LogP contribution in [0.3, 0.4) is 0 Å². The number of nitrogens with zero attached hydrogens (tertiary/aromatic N) is 1. The van der Waals surface area contributed by atoms with E-state index in [1.807, 2.05) is 13.8 Å². The smallest absolute Gasteiger partial charge is 0.352 e. The average molecular weight is 290 g/mol. The van der Waals surface area contributed by atoms with Crippen LogP contribution in [0.15, 0.2) is 16.7 Å². The van der Waals surface area contributed by atoms with Crippen LogP contribution in [0.25, 0.3) is 0 Å². The first-order chi connectivity index (χ1) is 7.47. The van der Waals surface area contributed by atoms with Crippen LogP contribution in [0.1, 0.15) is 30.4 Å². The number of hydrogen-bond acceptors (Lipinski definition) is 2. The predicted octanol–water partition coefficient (Wildman–Crippen LogP) is 2.79. The SMILES string of the molecule is COCC(C(C)C)n1cc(Br)cc1C(=O)O. The molecule has 1 N–H and O–H groups in total. The van der Waals surface area contributed by atoms with E-state index >= 15 is 0 Å². The van der Waals surface area contributed by atoms with E-state index in [1.54, 1.807) is 23.9 Å². The Kier molecular flexibility index (Phi) is 4.56. The zero-order valence-corrected chi connectivity index (χ0v) is 11.2. The second-order valence-corrected chi connectivity index (χ2v) is 4.94. The first-order valence-corrected chi connectivity index (χ1v) is 5.86. The molecule has 0 spiro atoms. The van der Waals surface area contributed by atoms with Crippen LogP contribution in [0.2, 0.25) is 0 Å². The van der Waals surface area contributed by atoms with Gasteiger partial charge < -0.3 is 14.4 Å². The highest BCUT2D eigenvalue weighted by Gasteiger charge is 2.21. The largest absolute Gasteiger partial charge is 0.477 e. The van der Waals surface area contributed by atoms with Crippen molar-refractivity contribution < 1.29 is 14.6 Å². The van der Waals surface area contributed by atoms with E-state index in [4.69, 9.17) is 9.84 Å². The average Bonchev–Trinajstić information content (AvgIpc) is 2.56. The fraction of sp³-hybridized carbons (Fsp3) is 0.545. The lowest BCUT2D eigenvalue weighted by atomic mass is 10.1. The third-order valence-electron chi connectivity index (χ3n) is 2.50. The van der Waals surface area contributed by atoms with Gasteiger partial charge in [-0.25, -0.2) is 4.79 Å². The van der Waals surface area contributed by atoms with Crippen LogP contribution in [0.5, 0.6) is 0 Å². The maximum atomic E-state index is 11.1. The number of aromatic carboxylic acids is 1. The number of aromatic nitrogens is 1. The van der Waals surface area contributed by atoms with Crippen LogP contribution in [0.4, 0.5) is 0 Å². The van der Waals surface area contributed by atoms with Crippen molar-refractivity contribution in [1.82, 2.24) is 4.57 Å². The number of methoxy groups -OCH3 is 1. The fourth-order valence-electron chi connectivity index (χ4n) is 1.66. The molecule has 16 heavy (non-hydrogen) atoms. The number of rotatable bonds is 5. The van der Waals surface area contributed by atoms with E-state index in [9.17, 15) is 4.79 Å². The lowest BCUT2D eigenvalue weighted by Gasteiger charge is -2.23. The summed E-state index contributed by atoms with van der Waals surface area (Å²) < 4.78 is 7.66. The summed E-state index contributed by atoms with van der Waals surface area (Å²) in [4.78, 5) is 11.1. The minimum atomic E-state index is -0.924. The molecule has 4 nitrogen and oxygen atoms in total. The second kappa shape index (κ2) is 5.50. The van der Waals surface area contributed by atoms with E-state index in [-0.39, 0.29) is 11.7 Å². The molecule has 1 heterocycles. The molecule has 0 aliphatic carbocycles. The number of hydrogen-bond donors (Lipinski definition) is 1. The minimum absolute atomic E-state index is 0.0300. The molecule has 1 aromatic heterocycles. The molecule has 0 fully saturated rings. The molecular formula is C11H16BrNO3. The van der Waals surface area contributed by atoms with Gasteiger partial charge in [-0.3, -0.25) is 0 Å². The lowest BCUT2D eigenvalue weighted by Crippen LogP contribution is -2.23. The fourth-order valence-corrected chi connectivity index (χ4v) is 2.09. The van der Waals surface area contributed by atoms with Gasteiger partial charge in [-0.1, -0.05) is 13.8 Å². The van der Waals surface area contributed by atoms with Crippen LogP contribution in [0, 0.1) is 5.92 Å². The molecule has 0 saturated carbocycles. The second-order valence-electron chi connectivity index (χ2n) is 4.02. The zero-order valence-electron chi connectivity index (χ0n) is 9.61. The van der Waals surface area contributed by atoms with Crippen molar-refractivity contribution in [2.45, 2.75) is 19.9 Å². The molecule has 1 unspecified atom stereocenters. The van der Waals surface area contributed by atoms with Gasteiger partial charge in [0.05, 0.1) is 12.6 Å². The number of ether oxygens (including phenoxy) is 1. The Morgan fingerprint density at radius 2 is 2.25 bits per heavy atom. The molecule has 0 amide bonds. The van der Waals surface area contributed by atoms with Gasteiger partial charge in [0, 0.05) is 17.8 Å². The standard InChI is InChI=1S/C11H16BrNO3/c1-7(2)10(6-16-3)13-5-8(12)4-9(13)11(14)15/h4-5,7,10H,6H2,1-3H3,(H,14,15). The quantitative estimate of drug-likeness (QED) is 0.907. The molecule has 0 aliphatic rings. The molecule has 0 radical (unpaired) electrons. The molecule has 1 aromatic rings. The maximum Gasteiger partial charge on any atom is 0.352 e.